The van der Waals surface area contributed by atoms with Crippen molar-refractivity contribution >= 4 is 16.8 Å². The first-order chi connectivity index (χ1) is 16.1. The summed E-state index contributed by atoms with van der Waals surface area (Å²) in [5, 5.41) is 4.22. The van der Waals surface area contributed by atoms with Gasteiger partial charge < -0.3 is 24.5 Å². The molecule has 170 valence electrons. The molecule has 0 radical (unpaired) electrons. The summed E-state index contributed by atoms with van der Waals surface area (Å²) in [6.07, 6.45) is 2.01. The van der Waals surface area contributed by atoms with Crippen LogP contribution in [0.5, 0.6) is 17.2 Å². The number of hydrogen-bond donors (Lipinski definition) is 2. The molecule has 0 bridgehead atoms. The molecule has 4 rings (SSSR count). The number of rotatable bonds is 9. The predicted molar refractivity (Wildman–Crippen MR) is 130 cm³/mol. The minimum absolute atomic E-state index is 0.0970. The highest BCUT2D eigenvalue weighted by atomic mass is 16.5. The molecule has 2 N–H and O–H groups in total. The van der Waals surface area contributed by atoms with Crippen molar-refractivity contribution in [3.05, 3.63) is 89.6 Å². The van der Waals surface area contributed by atoms with E-state index >= 15 is 0 Å². The van der Waals surface area contributed by atoms with E-state index in [9.17, 15) is 4.79 Å². The lowest BCUT2D eigenvalue weighted by Crippen LogP contribution is -2.29. The molecule has 4 aromatic rings. The maximum Gasteiger partial charge on any atom is 0.251 e. The van der Waals surface area contributed by atoms with E-state index in [1.165, 1.54) is 0 Å². The highest BCUT2D eigenvalue weighted by Crippen LogP contribution is 2.36. The summed E-state index contributed by atoms with van der Waals surface area (Å²) in [4.78, 5) is 16.3. The Labute approximate surface area is 193 Å². The molecule has 0 saturated heterocycles. The molecule has 0 saturated carbocycles. The van der Waals surface area contributed by atoms with Crippen LogP contribution in [0.2, 0.25) is 0 Å². The van der Waals surface area contributed by atoms with E-state index in [0.29, 0.717) is 36.0 Å². The summed E-state index contributed by atoms with van der Waals surface area (Å²) in [6, 6.07) is 21.2. The first-order valence-corrected chi connectivity index (χ1v) is 10.9. The minimum atomic E-state index is -0.156. The van der Waals surface area contributed by atoms with Gasteiger partial charge in [0.25, 0.3) is 5.91 Å². The molecule has 1 heterocycles. The van der Waals surface area contributed by atoms with Crippen molar-refractivity contribution in [2.75, 3.05) is 27.4 Å². The number of nitrogens with one attached hydrogen (secondary N) is 2. The Morgan fingerprint density at radius 3 is 2.61 bits per heavy atom. The maximum atomic E-state index is 12.9. The number of hydrogen-bond acceptors (Lipinski definition) is 4. The van der Waals surface area contributed by atoms with Gasteiger partial charge in [0.2, 0.25) is 0 Å². The van der Waals surface area contributed by atoms with Gasteiger partial charge >= 0.3 is 0 Å². The number of amides is 1. The van der Waals surface area contributed by atoms with E-state index in [2.05, 4.69) is 16.4 Å². The van der Waals surface area contributed by atoms with Gasteiger partial charge in [-0.1, -0.05) is 30.3 Å². The number of H-pyrrole nitrogens is 1. The lowest BCUT2D eigenvalue weighted by Gasteiger charge is -2.20. The average molecular weight is 445 g/mol. The van der Waals surface area contributed by atoms with E-state index in [1.54, 1.807) is 26.4 Å². The Morgan fingerprint density at radius 2 is 1.82 bits per heavy atom. The summed E-state index contributed by atoms with van der Waals surface area (Å²) in [5.41, 5.74) is 3.72. The van der Waals surface area contributed by atoms with Gasteiger partial charge in [-0.2, -0.15) is 0 Å². The monoisotopic (exact) mass is 444 g/mol. The van der Waals surface area contributed by atoms with Crippen LogP contribution in [0.3, 0.4) is 0 Å². The van der Waals surface area contributed by atoms with E-state index in [4.69, 9.17) is 14.2 Å². The van der Waals surface area contributed by atoms with Crippen molar-refractivity contribution in [1.29, 1.82) is 0 Å². The lowest BCUT2D eigenvalue weighted by molar-refractivity contribution is 0.0952. The average Bonchev–Trinajstić information content (AvgIpc) is 3.29. The van der Waals surface area contributed by atoms with Crippen LogP contribution in [0.25, 0.3) is 10.9 Å². The van der Waals surface area contributed by atoms with E-state index < -0.39 is 0 Å². The number of para-hydroxylation sites is 1. The molecular weight excluding hydrogens is 416 g/mol. The number of methoxy groups -OCH3 is 2. The van der Waals surface area contributed by atoms with Gasteiger partial charge in [0, 0.05) is 35.1 Å². The molecule has 1 aromatic heterocycles. The number of aromatic nitrogens is 1. The third-order valence-corrected chi connectivity index (χ3v) is 5.69. The van der Waals surface area contributed by atoms with Crippen molar-refractivity contribution in [1.82, 2.24) is 10.3 Å². The zero-order valence-corrected chi connectivity index (χ0v) is 19.1. The third kappa shape index (κ3) is 4.80. The molecule has 0 aliphatic rings. The van der Waals surface area contributed by atoms with Crippen molar-refractivity contribution in [3.63, 3.8) is 0 Å². The number of aromatic amines is 1. The fourth-order valence-corrected chi connectivity index (χ4v) is 4.03. The minimum Gasteiger partial charge on any atom is -0.497 e. The molecule has 6 nitrogen and oxygen atoms in total. The molecule has 1 amide bonds. The van der Waals surface area contributed by atoms with Crippen LogP contribution in [0, 0.1) is 0 Å². The van der Waals surface area contributed by atoms with Gasteiger partial charge in [-0.15, -0.1) is 0 Å². The molecule has 3 aromatic carbocycles. The highest BCUT2D eigenvalue weighted by Gasteiger charge is 2.21. The van der Waals surface area contributed by atoms with Gasteiger partial charge in [0.05, 0.1) is 20.8 Å². The van der Waals surface area contributed by atoms with Gasteiger partial charge in [-0.05, 0) is 54.4 Å². The van der Waals surface area contributed by atoms with Gasteiger partial charge in [-0.3, -0.25) is 4.79 Å². The largest absolute Gasteiger partial charge is 0.497 e. The summed E-state index contributed by atoms with van der Waals surface area (Å²) < 4.78 is 16.5. The Bertz CT molecular complexity index is 1250. The van der Waals surface area contributed by atoms with Crippen LogP contribution < -0.4 is 19.5 Å². The number of carbonyl (C=O) groups is 1. The molecule has 0 unspecified atom stereocenters. The third-order valence-electron chi connectivity index (χ3n) is 5.69. The van der Waals surface area contributed by atoms with Crippen LogP contribution in [-0.4, -0.2) is 38.3 Å². The fourth-order valence-electron chi connectivity index (χ4n) is 4.03. The second-order valence-electron chi connectivity index (χ2n) is 7.63. The predicted octanol–water partition coefficient (Wildman–Crippen LogP) is 5.15. The van der Waals surface area contributed by atoms with Gasteiger partial charge in [0.15, 0.2) is 11.5 Å². The van der Waals surface area contributed by atoms with E-state index in [1.807, 2.05) is 61.7 Å². The molecule has 1 atom stereocenters. The summed E-state index contributed by atoms with van der Waals surface area (Å²) in [5.74, 6) is 1.75. The Kier molecular flexibility index (Phi) is 6.83. The van der Waals surface area contributed by atoms with Crippen LogP contribution in [0.1, 0.15) is 34.3 Å². The van der Waals surface area contributed by atoms with Crippen molar-refractivity contribution in [2.24, 2.45) is 0 Å². The fraction of sp³-hybridized carbons (Fsp3) is 0.222. The SMILES string of the molecule is CCOc1ccc([C@@H](CNC(=O)c2cccc(OC)c2)c2c[nH]c3ccccc23)cc1OC. The van der Waals surface area contributed by atoms with E-state index in [0.717, 1.165) is 22.0 Å². The zero-order chi connectivity index (χ0) is 23.2. The normalized spacial score (nSPS) is 11.7. The molecule has 6 heteroatoms. The molecule has 0 spiro atoms. The van der Waals surface area contributed by atoms with Gasteiger partial charge in [-0.25, -0.2) is 0 Å². The molecule has 0 aliphatic carbocycles. The van der Waals surface area contributed by atoms with Crippen LogP contribution in [0.15, 0.2) is 72.9 Å². The second kappa shape index (κ2) is 10.1. The van der Waals surface area contributed by atoms with Crippen molar-refractivity contribution < 1.29 is 19.0 Å². The number of carbonyl (C=O) groups excluding carboxylic acids is 1. The first-order valence-electron chi connectivity index (χ1n) is 10.9. The number of ether oxygens (including phenoxy) is 3. The molecular formula is C27H28N2O4. The highest BCUT2D eigenvalue weighted by molar-refractivity contribution is 5.94. The van der Waals surface area contributed by atoms with Crippen LogP contribution in [0.4, 0.5) is 0 Å². The van der Waals surface area contributed by atoms with Crippen molar-refractivity contribution in [2.45, 2.75) is 12.8 Å². The van der Waals surface area contributed by atoms with Crippen LogP contribution in [-0.2, 0) is 0 Å². The number of fused-ring (bicyclic) bond motifs is 1. The maximum absolute atomic E-state index is 12.9. The Morgan fingerprint density at radius 1 is 0.970 bits per heavy atom. The number of benzene rings is 3. The van der Waals surface area contributed by atoms with Crippen LogP contribution >= 0.6 is 0 Å². The Balaban J connectivity index is 1.68. The molecule has 0 fully saturated rings. The van der Waals surface area contributed by atoms with E-state index in [-0.39, 0.29) is 11.8 Å². The topological polar surface area (TPSA) is 72.6 Å². The lowest BCUT2D eigenvalue weighted by atomic mass is 9.90. The summed E-state index contributed by atoms with van der Waals surface area (Å²) >= 11 is 0. The van der Waals surface area contributed by atoms with Gasteiger partial charge in [0.1, 0.15) is 5.75 Å². The zero-order valence-electron chi connectivity index (χ0n) is 19.1. The summed E-state index contributed by atoms with van der Waals surface area (Å²) in [7, 11) is 3.22. The second-order valence-corrected chi connectivity index (χ2v) is 7.63. The quantitative estimate of drug-likeness (QED) is 0.375. The van der Waals surface area contributed by atoms with Crippen molar-refractivity contribution in [3.8, 4) is 17.2 Å². The Hall–Kier alpha value is -3.93. The summed E-state index contributed by atoms with van der Waals surface area (Å²) in [6.45, 7) is 2.91. The standard InChI is InChI=1S/C27H28N2O4/c1-4-33-25-13-12-18(15-26(25)32-3)22(23-17-28-24-11-6-5-10-21(23)24)16-29-27(30)19-8-7-9-20(14-19)31-2/h5-15,17,22,28H,4,16H2,1-3H3,(H,29,30)/t22-/m1/s1. The molecule has 33 heavy (non-hydrogen) atoms. The first kappa shape index (κ1) is 22.3. The smallest absolute Gasteiger partial charge is 0.251 e. The molecule has 0 aliphatic heterocycles.